The van der Waals surface area contributed by atoms with Crippen LogP contribution in [0.15, 0.2) is 41.3 Å². The predicted molar refractivity (Wildman–Crippen MR) is 82.6 cm³/mol. The Morgan fingerprint density at radius 2 is 1.80 bits per heavy atom. The molecule has 6 heteroatoms. The fourth-order valence-electron chi connectivity index (χ4n) is 1.71. The van der Waals surface area contributed by atoms with Crippen LogP contribution < -0.4 is 10.5 Å². The quantitative estimate of drug-likeness (QED) is 0.854. The predicted octanol–water partition coefficient (Wildman–Crippen LogP) is 3.34. The summed E-state index contributed by atoms with van der Waals surface area (Å²) in [5, 5.41) is 0.347. The van der Waals surface area contributed by atoms with Crippen LogP contribution in [0.2, 0.25) is 5.02 Å². The fourth-order valence-corrected chi connectivity index (χ4v) is 3.03. The third kappa shape index (κ3) is 3.05. The Labute approximate surface area is 123 Å². The van der Waals surface area contributed by atoms with Gasteiger partial charge in [-0.2, -0.15) is 0 Å². The van der Waals surface area contributed by atoms with Gasteiger partial charge in [-0.25, -0.2) is 8.42 Å². The third-order valence-electron chi connectivity index (χ3n) is 2.93. The highest BCUT2D eigenvalue weighted by Crippen LogP contribution is 2.26. The van der Waals surface area contributed by atoms with Gasteiger partial charge in [0.15, 0.2) is 0 Å². The number of sulfonamides is 1. The van der Waals surface area contributed by atoms with Gasteiger partial charge in [0.2, 0.25) is 0 Å². The highest BCUT2D eigenvalue weighted by molar-refractivity contribution is 7.92. The van der Waals surface area contributed by atoms with Gasteiger partial charge in [0.25, 0.3) is 10.0 Å². The van der Waals surface area contributed by atoms with Crippen molar-refractivity contribution in [1.82, 2.24) is 0 Å². The summed E-state index contributed by atoms with van der Waals surface area (Å²) in [6.45, 7) is 3.68. The highest BCUT2D eigenvalue weighted by atomic mass is 35.5. The molecule has 0 fully saturated rings. The van der Waals surface area contributed by atoms with Crippen molar-refractivity contribution in [2.45, 2.75) is 18.7 Å². The number of aryl methyl sites for hydroxylation is 2. The number of hydrogen-bond donors (Lipinski definition) is 2. The van der Waals surface area contributed by atoms with Crippen LogP contribution >= 0.6 is 11.6 Å². The number of nitrogens with one attached hydrogen (secondary N) is 1. The zero-order chi connectivity index (χ0) is 14.9. The van der Waals surface area contributed by atoms with Crippen molar-refractivity contribution >= 4 is 33.0 Å². The van der Waals surface area contributed by atoms with E-state index in [0.29, 0.717) is 16.4 Å². The summed E-state index contributed by atoms with van der Waals surface area (Å²) in [5.41, 5.74) is 8.28. The van der Waals surface area contributed by atoms with Gasteiger partial charge in [0, 0.05) is 5.69 Å². The zero-order valence-electron chi connectivity index (χ0n) is 11.1. The van der Waals surface area contributed by atoms with Crippen molar-refractivity contribution < 1.29 is 8.42 Å². The Morgan fingerprint density at radius 3 is 2.45 bits per heavy atom. The molecule has 2 aromatic rings. The summed E-state index contributed by atoms with van der Waals surface area (Å²) in [6, 6.07) is 9.75. The van der Waals surface area contributed by atoms with E-state index in [9.17, 15) is 8.42 Å². The summed E-state index contributed by atoms with van der Waals surface area (Å²) in [5.74, 6) is 0. The van der Waals surface area contributed by atoms with Crippen LogP contribution in [-0.4, -0.2) is 8.42 Å². The lowest BCUT2D eigenvalue weighted by molar-refractivity contribution is 0.601. The Morgan fingerprint density at radius 1 is 1.10 bits per heavy atom. The smallest absolute Gasteiger partial charge is 0.262 e. The molecule has 2 rings (SSSR count). The van der Waals surface area contributed by atoms with Gasteiger partial charge >= 0.3 is 0 Å². The van der Waals surface area contributed by atoms with Crippen LogP contribution in [0.25, 0.3) is 0 Å². The minimum Gasteiger partial charge on any atom is -0.398 e. The van der Waals surface area contributed by atoms with Crippen LogP contribution in [0.5, 0.6) is 0 Å². The molecule has 0 aliphatic heterocycles. The van der Waals surface area contributed by atoms with Crippen LogP contribution in [0.3, 0.4) is 0 Å². The van der Waals surface area contributed by atoms with Gasteiger partial charge in [-0.15, -0.1) is 0 Å². The standard InChI is InChI=1S/C14H15ClN2O2S/c1-9-3-6-12(15)14(7-9)17-20(18,19)11-5-4-10(2)13(16)8-11/h3-8,17H,16H2,1-2H3. The van der Waals surface area contributed by atoms with Crippen molar-refractivity contribution in [3.8, 4) is 0 Å². The molecule has 0 heterocycles. The lowest BCUT2D eigenvalue weighted by Crippen LogP contribution is -2.13. The Balaban J connectivity index is 2.40. The molecule has 0 amide bonds. The first-order valence-electron chi connectivity index (χ1n) is 5.95. The minimum absolute atomic E-state index is 0.109. The maximum absolute atomic E-state index is 12.3. The molecule has 106 valence electrons. The van der Waals surface area contributed by atoms with Crippen molar-refractivity contribution in [2.24, 2.45) is 0 Å². The minimum atomic E-state index is -3.71. The van der Waals surface area contributed by atoms with Crippen molar-refractivity contribution in [2.75, 3.05) is 10.5 Å². The summed E-state index contributed by atoms with van der Waals surface area (Å²) >= 11 is 5.99. The van der Waals surface area contributed by atoms with Crippen LogP contribution in [0.4, 0.5) is 11.4 Å². The summed E-state index contributed by atoms with van der Waals surface area (Å²) in [6.07, 6.45) is 0. The van der Waals surface area contributed by atoms with Crippen LogP contribution in [-0.2, 0) is 10.0 Å². The average Bonchev–Trinajstić information content (AvgIpc) is 2.36. The number of anilines is 2. The number of nitrogen functional groups attached to an aromatic ring is 1. The first kappa shape index (κ1) is 14.7. The topological polar surface area (TPSA) is 72.2 Å². The van der Waals surface area contributed by atoms with Crippen molar-refractivity contribution in [3.63, 3.8) is 0 Å². The molecule has 0 aromatic heterocycles. The van der Waals surface area contributed by atoms with E-state index < -0.39 is 10.0 Å². The second kappa shape index (κ2) is 5.34. The molecule has 0 aliphatic carbocycles. The Hall–Kier alpha value is -1.72. The molecule has 2 aromatic carbocycles. The number of benzene rings is 2. The maximum atomic E-state index is 12.3. The zero-order valence-corrected chi connectivity index (χ0v) is 12.7. The maximum Gasteiger partial charge on any atom is 0.262 e. The van der Waals surface area contributed by atoms with Gasteiger partial charge in [0.05, 0.1) is 15.6 Å². The molecule has 0 atom stereocenters. The van der Waals surface area contributed by atoms with Gasteiger partial charge in [-0.3, -0.25) is 4.72 Å². The monoisotopic (exact) mass is 310 g/mol. The summed E-state index contributed by atoms with van der Waals surface area (Å²) in [7, 11) is -3.71. The van der Waals surface area contributed by atoms with E-state index in [1.807, 2.05) is 19.9 Å². The van der Waals surface area contributed by atoms with Gasteiger partial charge in [0.1, 0.15) is 0 Å². The number of rotatable bonds is 3. The Kier molecular flexibility index (Phi) is 3.92. The second-order valence-corrected chi connectivity index (χ2v) is 6.70. The van der Waals surface area contributed by atoms with Gasteiger partial charge in [-0.1, -0.05) is 23.7 Å². The van der Waals surface area contributed by atoms with E-state index in [1.165, 1.54) is 12.1 Å². The van der Waals surface area contributed by atoms with E-state index in [1.54, 1.807) is 18.2 Å². The molecule has 0 aliphatic rings. The second-order valence-electron chi connectivity index (χ2n) is 4.61. The Bertz CT molecular complexity index is 758. The number of hydrogen-bond acceptors (Lipinski definition) is 3. The van der Waals surface area contributed by atoms with Crippen molar-refractivity contribution in [3.05, 3.63) is 52.5 Å². The molecule has 0 radical (unpaired) electrons. The molecular weight excluding hydrogens is 296 g/mol. The molecule has 0 unspecified atom stereocenters. The first-order valence-corrected chi connectivity index (χ1v) is 7.81. The molecule has 20 heavy (non-hydrogen) atoms. The van der Waals surface area contributed by atoms with Crippen molar-refractivity contribution in [1.29, 1.82) is 0 Å². The number of nitrogens with two attached hydrogens (primary N) is 1. The summed E-state index contributed by atoms with van der Waals surface area (Å²) < 4.78 is 27.1. The van der Waals surface area contributed by atoms with Crippen LogP contribution in [0.1, 0.15) is 11.1 Å². The van der Waals surface area contributed by atoms with E-state index in [0.717, 1.165) is 11.1 Å². The molecule has 0 saturated carbocycles. The molecule has 3 N–H and O–H groups in total. The van der Waals surface area contributed by atoms with E-state index in [2.05, 4.69) is 4.72 Å². The lowest BCUT2D eigenvalue weighted by Gasteiger charge is -2.11. The molecule has 0 spiro atoms. The van der Waals surface area contributed by atoms with E-state index in [-0.39, 0.29) is 4.90 Å². The third-order valence-corrected chi connectivity index (χ3v) is 4.62. The lowest BCUT2D eigenvalue weighted by atomic mass is 10.2. The normalized spacial score (nSPS) is 11.3. The SMILES string of the molecule is Cc1ccc(Cl)c(NS(=O)(=O)c2ccc(C)c(N)c2)c1. The van der Waals surface area contributed by atoms with Gasteiger partial charge in [-0.05, 0) is 49.2 Å². The fraction of sp³-hybridized carbons (Fsp3) is 0.143. The summed E-state index contributed by atoms with van der Waals surface area (Å²) in [4.78, 5) is 0.109. The molecule has 4 nitrogen and oxygen atoms in total. The molecular formula is C14H15ClN2O2S. The average molecular weight is 311 g/mol. The first-order chi connectivity index (χ1) is 9.29. The van der Waals surface area contributed by atoms with Gasteiger partial charge < -0.3 is 5.73 Å². The van der Waals surface area contributed by atoms with E-state index >= 15 is 0 Å². The molecule has 0 bridgehead atoms. The molecule has 0 saturated heterocycles. The van der Waals surface area contributed by atoms with Crippen LogP contribution in [0, 0.1) is 13.8 Å². The highest BCUT2D eigenvalue weighted by Gasteiger charge is 2.16. The largest absolute Gasteiger partial charge is 0.398 e. The van der Waals surface area contributed by atoms with E-state index in [4.69, 9.17) is 17.3 Å². The number of halogens is 1.